The van der Waals surface area contributed by atoms with Gasteiger partial charge < -0.3 is 14.2 Å². The van der Waals surface area contributed by atoms with Gasteiger partial charge in [0.2, 0.25) is 0 Å². The van der Waals surface area contributed by atoms with Crippen molar-refractivity contribution in [1.29, 1.82) is 0 Å². The van der Waals surface area contributed by atoms with Crippen LogP contribution in [-0.4, -0.2) is 24.3 Å². The van der Waals surface area contributed by atoms with E-state index in [0.29, 0.717) is 17.1 Å². The van der Waals surface area contributed by atoms with Crippen molar-refractivity contribution in [3.05, 3.63) is 34.6 Å². The molecule has 5 heteroatoms. The van der Waals surface area contributed by atoms with Crippen molar-refractivity contribution >= 4 is 11.9 Å². The molecule has 0 aromatic heterocycles. The highest BCUT2D eigenvalue weighted by molar-refractivity contribution is 5.92. The molecule has 0 amide bonds. The largest absolute Gasteiger partial charge is 0.458 e. The number of carbonyl (C=O) groups excluding carboxylic acids is 2. The predicted molar refractivity (Wildman–Crippen MR) is 80.8 cm³/mol. The maximum Gasteiger partial charge on any atom is 0.338 e. The molecular weight excluding hydrogens is 296 g/mol. The Morgan fingerprint density at radius 2 is 2.09 bits per heavy atom. The third-order valence-corrected chi connectivity index (χ3v) is 5.32. The Labute approximate surface area is 135 Å². The maximum atomic E-state index is 12.2. The summed E-state index contributed by atoms with van der Waals surface area (Å²) in [4.78, 5) is 23.5. The van der Waals surface area contributed by atoms with Crippen molar-refractivity contribution in [2.45, 2.75) is 51.9 Å². The number of esters is 2. The molecule has 0 spiro atoms. The van der Waals surface area contributed by atoms with E-state index in [4.69, 9.17) is 14.2 Å². The zero-order chi connectivity index (χ0) is 16.1. The third-order valence-electron chi connectivity index (χ3n) is 5.32. The number of hydrogen-bond donors (Lipinski definition) is 0. The van der Waals surface area contributed by atoms with Crippen LogP contribution in [0.2, 0.25) is 0 Å². The molecule has 2 aliphatic carbocycles. The van der Waals surface area contributed by atoms with Crippen LogP contribution in [0.25, 0.3) is 0 Å². The molecule has 23 heavy (non-hydrogen) atoms. The standard InChI is InChI=1S/C18H20O5/c1-9-4-3-5-11-7-12-13(18(20)23-16(12)15(9)11)8-21-14-6-10(2)17(19)22-14/h6,8-9,12,14,16H,3-5,7H2,1-2H3/b13-8+/t9-,12+,14+,16-/m1/s1. The highest BCUT2D eigenvalue weighted by Crippen LogP contribution is 2.50. The van der Waals surface area contributed by atoms with Gasteiger partial charge in [0.05, 0.1) is 11.8 Å². The lowest BCUT2D eigenvalue weighted by atomic mass is 9.84. The first kappa shape index (κ1) is 14.5. The summed E-state index contributed by atoms with van der Waals surface area (Å²) >= 11 is 0. The monoisotopic (exact) mass is 316 g/mol. The van der Waals surface area contributed by atoms with Gasteiger partial charge in [-0.1, -0.05) is 12.5 Å². The van der Waals surface area contributed by atoms with Gasteiger partial charge in [-0.05, 0) is 44.1 Å². The summed E-state index contributed by atoms with van der Waals surface area (Å²) < 4.78 is 16.1. The lowest BCUT2D eigenvalue weighted by Gasteiger charge is -2.24. The molecule has 4 atom stereocenters. The highest BCUT2D eigenvalue weighted by atomic mass is 16.7. The summed E-state index contributed by atoms with van der Waals surface area (Å²) in [6.45, 7) is 3.89. The molecule has 5 nitrogen and oxygen atoms in total. The van der Waals surface area contributed by atoms with E-state index in [1.165, 1.54) is 23.8 Å². The average molecular weight is 316 g/mol. The predicted octanol–water partition coefficient (Wildman–Crippen LogP) is 2.78. The van der Waals surface area contributed by atoms with E-state index in [1.54, 1.807) is 13.0 Å². The van der Waals surface area contributed by atoms with Gasteiger partial charge in [0.1, 0.15) is 6.10 Å². The first-order valence-electron chi connectivity index (χ1n) is 8.22. The molecule has 122 valence electrons. The zero-order valence-corrected chi connectivity index (χ0v) is 13.3. The van der Waals surface area contributed by atoms with Crippen molar-refractivity contribution in [2.24, 2.45) is 11.8 Å². The lowest BCUT2D eigenvalue weighted by molar-refractivity contribution is -0.152. The highest BCUT2D eigenvalue weighted by Gasteiger charge is 2.49. The minimum atomic E-state index is -0.746. The quantitative estimate of drug-likeness (QED) is 0.339. The first-order chi connectivity index (χ1) is 11.0. The normalized spacial score (nSPS) is 37.5. The van der Waals surface area contributed by atoms with Crippen LogP contribution in [0, 0.1) is 11.8 Å². The van der Waals surface area contributed by atoms with Gasteiger partial charge in [0.15, 0.2) is 0 Å². The molecule has 1 saturated heterocycles. The van der Waals surface area contributed by atoms with E-state index in [1.807, 2.05) is 0 Å². The summed E-state index contributed by atoms with van der Waals surface area (Å²) in [5.41, 5.74) is 3.87. The number of cyclic esters (lactones) is 1. The van der Waals surface area contributed by atoms with Crippen LogP contribution in [0.1, 0.15) is 39.5 Å². The summed E-state index contributed by atoms with van der Waals surface area (Å²) in [7, 11) is 0. The molecular formula is C18H20O5. The molecule has 0 radical (unpaired) electrons. The number of hydrogen-bond acceptors (Lipinski definition) is 5. The van der Waals surface area contributed by atoms with E-state index < -0.39 is 6.29 Å². The Morgan fingerprint density at radius 3 is 2.83 bits per heavy atom. The number of carbonyl (C=O) groups is 2. The maximum absolute atomic E-state index is 12.2. The molecule has 2 heterocycles. The second-order valence-corrected chi connectivity index (χ2v) is 6.82. The third kappa shape index (κ3) is 2.30. The number of ether oxygens (including phenoxy) is 3. The van der Waals surface area contributed by atoms with Gasteiger partial charge in [-0.2, -0.15) is 0 Å². The van der Waals surface area contributed by atoms with Crippen LogP contribution in [-0.2, 0) is 23.8 Å². The van der Waals surface area contributed by atoms with E-state index >= 15 is 0 Å². The number of rotatable bonds is 2. The van der Waals surface area contributed by atoms with E-state index in [0.717, 1.165) is 19.3 Å². The second-order valence-electron chi connectivity index (χ2n) is 6.82. The minimum absolute atomic E-state index is 0.0511. The molecule has 0 aromatic rings. The molecule has 0 aromatic carbocycles. The van der Waals surface area contributed by atoms with Crippen molar-refractivity contribution in [2.75, 3.05) is 0 Å². The van der Waals surface area contributed by atoms with Crippen LogP contribution < -0.4 is 0 Å². The first-order valence-corrected chi connectivity index (χ1v) is 8.22. The van der Waals surface area contributed by atoms with Crippen molar-refractivity contribution < 1.29 is 23.8 Å². The van der Waals surface area contributed by atoms with Gasteiger partial charge in [0, 0.05) is 17.6 Å². The minimum Gasteiger partial charge on any atom is -0.458 e. The van der Waals surface area contributed by atoms with Gasteiger partial charge in [-0.15, -0.1) is 0 Å². The van der Waals surface area contributed by atoms with Crippen LogP contribution in [0.3, 0.4) is 0 Å². The summed E-state index contributed by atoms with van der Waals surface area (Å²) in [5.74, 6) is -0.153. The van der Waals surface area contributed by atoms with Crippen LogP contribution in [0.15, 0.2) is 34.6 Å². The summed E-state index contributed by atoms with van der Waals surface area (Å²) in [6.07, 6.45) is 6.55. The fourth-order valence-corrected chi connectivity index (χ4v) is 4.16. The molecule has 0 N–H and O–H groups in total. The Kier molecular flexibility index (Phi) is 3.32. The van der Waals surface area contributed by atoms with E-state index in [2.05, 4.69) is 6.92 Å². The lowest BCUT2D eigenvalue weighted by Crippen LogP contribution is -2.19. The summed E-state index contributed by atoms with van der Waals surface area (Å²) in [6, 6.07) is 0. The number of fused-ring (bicyclic) bond motifs is 2. The Morgan fingerprint density at radius 1 is 1.26 bits per heavy atom. The molecule has 1 fully saturated rings. The van der Waals surface area contributed by atoms with Gasteiger partial charge in [-0.25, -0.2) is 9.59 Å². The van der Waals surface area contributed by atoms with E-state index in [-0.39, 0.29) is 24.0 Å². The second kappa shape index (κ2) is 5.25. The van der Waals surface area contributed by atoms with Gasteiger partial charge in [0.25, 0.3) is 6.29 Å². The summed E-state index contributed by atoms with van der Waals surface area (Å²) in [5, 5.41) is 0. The average Bonchev–Trinajstić information content (AvgIpc) is 3.10. The van der Waals surface area contributed by atoms with Crippen molar-refractivity contribution in [1.82, 2.24) is 0 Å². The molecule has 0 bridgehead atoms. The topological polar surface area (TPSA) is 61.8 Å². The Balaban J connectivity index is 1.52. The fourth-order valence-electron chi connectivity index (χ4n) is 4.16. The molecule has 2 aliphatic heterocycles. The van der Waals surface area contributed by atoms with Gasteiger partial charge >= 0.3 is 11.9 Å². The number of allylic oxidation sites excluding steroid dienone is 1. The van der Waals surface area contributed by atoms with Gasteiger partial charge in [-0.3, -0.25) is 0 Å². The molecule has 0 unspecified atom stereocenters. The van der Waals surface area contributed by atoms with Crippen LogP contribution in [0.5, 0.6) is 0 Å². The SMILES string of the molecule is CC1=C[C@@H](O/C=C2/C(=O)O[C@H]3C4=C(CCC[C@H]4C)C[C@@H]23)OC1=O. The van der Waals surface area contributed by atoms with Crippen LogP contribution >= 0.6 is 0 Å². The van der Waals surface area contributed by atoms with Crippen molar-refractivity contribution in [3.63, 3.8) is 0 Å². The smallest absolute Gasteiger partial charge is 0.338 e. The van der Waals surface area contributed by atoms with Crippen LogP contribution in [0.4, 0.5) is 0 Å². The van der Waals surface area contributed by atoms with Crippen molar-refractivity contribution in [3.8, 4) is 0 Å². The fraction of sp³-hybridized carbons (Fsp3) is 0.556. The molecule has 4 rings (SSSR count). The zero-order valence-electron chi connectivity index (χ0n) is 13.3. The molecule has 0 saturated carbocycles. The Bertz CT molecular complexity index is 669. The van der Waals surface area contributed by atoms with E-state index in [9.17, 15) is 9.59 Å². The molecule has 4 aliphatic rings. The Hall–Kier alpha value is -2.04.